The fourth-order valence-corrected chi connectivity index (χ4v) is 1.56. The van der Waals surface area contributed by atoms with Crippen molar-refractivity contribution in [2.45, 2.75) is 6.54 Å². The van der Waals surface area contributed by atoms with Gasteiger partial charge in [-0.15, -0.1) is 5.10 Å². The maximum atomic E-state index is 11.7. The van der Waals surface area contributed by atoms with E-state index in [1.165, 1.54) is 17.4 Å². The van der Waals surface area contributed by atoms with Crippen molar-refractivity contribution in [3.05, 3.63) is 23.2 Å². The predicted molar refractivity (Wildman–Crippen MR) is 52.1 cm³/mol. The summed E-state index contributed by atoms with van der Waals surface area (Å²) < 4.78 is 3.63. The molecule has 0 spiro atoms. The number of carbonyl (C=O) groups excluding carboxylic acids is 1. The molecule has 0 aliphatic carbocycles. The maximum absolute atomic E-state index is 11.7. The highest BCUT2D eigenvalue weighted by molar-refractivity contribution is 7.07. The molecule has 0 aliphatic heterocycles. The Morgan fingerprint density at radius 2 is 2.53 bits per heavy atom. The van der Waals surface area contributed by atoms with Crippen LogP contribution >= 0.6 is 11.5 Å². The van der Waals surface area contributed by atoms with Gasteiger partial charge in [-0.3, -0.25) is 9.89 Å². The monoisotopic (exact) mass is 224 g/mol. The molecule has 2 aromatic heterocycles. The summed E-state index contributed by atoms with van der Waals surface area (Å²) in [5, 5.41) is 9.99. The van der Waals surface area contributed by atoms with Crippen LogP contribution in [0, 0.1) is 0 Å². The van der Waals surface area contributed by atoms with E-state index in [2.05, 4.69) is 24.8 Å². The van der Waals surface area contributed by atoms with Gasteiger partial charge in [-0.1, -0.05) is 4.49 Å². The fourth-order valence-electron chi connectivity index (χ4n) is 1.05. The van der Waals surface area contributed by atoms with Gasteiger partial charge in [0.1, 0.15) is 17.0 Å². The largest absolute Gasteiger partial charge is 0.333 e. The number of aromatic nitrogens is 5. The summed E-state index contributed by atoms with van der Waals surface area (Å²) >= 11 is 1.07. The van der Waals surface area contributed by atoms with Crippen LogP contribution in [-0.4, -0.2) is 42.6 Å². The average molecular weight is 224 g/mol. The highest BCUT2D eigenvalue weighted by Gasteiger charge is 2.14. The minimum absolute atomic E-state index is 0.124. The van der Waals surface area contributed by atoms with E-state index in [1.807, 2.05) is 0 Å². The molecule has 1 amide bonds. The van der Waals surface area contributed by atoms with Gasteiger partial charge in [-0.2, -0.15) is 5.10 Å². The van der Waals surface area contributed by atoms with Gasteiger partial charge in [0.25, 0.3) is 5.91 Å². The van der Waals surface area contributed by atoms with E-state index < -0.39 is 0 Å². The van der Waals surface area contributed by atoms with Gasteiger partial charge in [-0.05, 0) is 11.5 Å². The van der Waals surface area contributed by atoms with Crippen LogP contribution in [0.3, 0.4) is 0 Å². The first kappa shape index (κ1) is 9.71. The van der Waals surface area contributed by atoms with Crippen LogP contribution in [-0.2, 0) is 6.54 Å². The summed E-state index contributed by atoms with van der Waals surface area (Å²) in [5.74, 6) is 0.518. The summed E-state index contributed by atoms with van der Waals surface area (Å²) in [7, 11) is 1.69. The molecule has 2 heterocycles. The summed E-state index contributed by atoms with van der Waals surface area (Å²) in [6.45, 7) is 0.386. The van der Waals surface area contributed by atoms with E-state index in [4.69, 9.17) is 0 Å². The second kappa shape index (κ2) is 4.13. The predicted octanol–water partition coefficient (Wildman–Crippen LogP) is -0.0716. The number of carbonyl (C=O) groups is 1. The molecule has 15 heavy (non-hydrogen) atoms. The lowest BCUT2D eigenvalue weighted by atomic mass is 10.4. The second-order valence-electron chi connectivity index (χ2n) is 2.88. The SMILES string of the molecule is CN(Cc1ncn[nH]1)C(=O)c1cnns1. The molecule has 0 aromatic carbocycles. The van der Waals surface area contributed by atoms with Crippen LogP contribution in [0.25, 0.3) is 0 Å². The Balaban J connectivity index is 2.03. The van der Waals surface area contributed by atoms with Gasteiger partial charge in [0.2, 0.25) is 0 Å². The Kier molecular flexibility index (Phi) is 2.68. The van der Waals surface area contributed by atoms with Gasteiger partial charge in [0.15, 0.2) is 0 Å². The van der Waals surface area contributed by atoms with Crippen molar-refractivity contribution in [3.63, 3.8) is 0 Å². The van der Waals surface area contributed by atoms with E-state index in [0.717, 1.165) is 11.5 Å². The van der Waals surface area contributed by atoms with Crippen molar-refractivity contribution < 1.29 is 4.79 Å². The number of nitrogens with one attached hydrogen (secondary N) is 1. The number of hydrogen-bond acceptors (Lipinski definition) is 6. The van der Waals surface area contributed by atoms with E-state index >= 15 is 0 Å². The molecule has 7 nitrogen and oxygen atoms in total. The maximum Gasteiger partial charge on any atom is 0.267 e. The lowest BCUT2D eigenvalue weighted by Crippen LogP contribution is -2.26. The van der Waals surface area contributed by atoms with Gasteiger partial charge in [0.05, 0.1) is 12.7 Å². The smallest absolute Gasteiger partial charge is 0.267 e. The lowest BCUT2D eigenvalue weighted by molar-refractivity contribution is 0.0786. The third-order valence-corrected chi connectivity index (χ3v) is 2.42. The quantitative estimate of drug-likeness (QED) is 0.788. The number of amides is 1. The molecule has 0 bridgehead atoms. The number of H-pyrrole nitrogens is 1. The van der Waals surface area contributed by atoms with Crippen molar-refractivity contribution in [2.24, 2.45) is 0 Å². The molecule has 0 unspecified atom stereocenters. The molecule has 0 fully saturated rings. The van der Waals surface area contributed by atoms with E-state index in [1.54, 1.807) is 7.05 Å². The molecule has 0 saturated heterocycles. The topological polar surface area (TPSA) is 87.7 Å². The minimum atomic E-state index is -0.124. The van der Waals surface area contributed by atoms with Crippen LogP contribution in [0.1, 0.15) is 15.5 Å². The molecule has 0 aliphatic rings. The van der Waals surface area contributed by atoms with Gasteiger partial charge in [-0.25, -0.2) is 4.98 Å². The Labute approximate surface area is 89.3 Å². The summed E-state index contributed by atoms with van der Waals surface area (Å²) in [6.07, 6.45) is 2.85. The van der Waals surface area contributed by atoms with Crippen LogP contribution in [0.15, 0.2) is 12.5 Å². The molecule has 78 valence electrons. The van der Waals surface area contributed by atoms with Crippen LogP contribution in [0.2, 0.25) is 0 Å². The standard InChI is InChI=1S/C7H8N6OS/c1-13(3-6-8-4-10-11-6)7(14)5-2-9-12-15-5/h2,4H,3H2,1H3,(H,8,10,11). The highest BCUT2D eigenvalue weighted by Crippen LogP contribution is 2.07. The third kappa shape index (κ3) is 2.15. The number of rotatable bonds is 3. The molecule has 0 saturated carbocycles. The van der Waals surface area contributed by atoms with E-state index in [-0.39, 0.29) is 5.91 Å². The van der Waals surface area contributed by atoms with Crippen molar-refractivity contribution in [1.29, 1.82) is 0 Å². The lowest BCUT2D eigenvalue weighted by Gasteiger charge is -2.13. The van der Waals surface area contributed by atoms with Gasteiger partial charge < -0.3 is 4.90 Å². The second-order valence-corrected chi connectivity index (χ2v) is 3.66. The van der Waals surface area contributed by atoms with Crippen molar-refractivity contribution in [2.75, 3.05) is 7.05 Å². The Morgan fingerprint density at radius 1 is 1.67 bits per heavy atom. The van der Waals surface area contributed by atoms with Crippen molar-refractivity contribution in [1.82, 2.24) is 29.7 Å². The first-order valence-electron chi connectivity index (χ1n) is 4.14. The zero-order valence-electron chi connectivity index (χ0n) is 7.91. The first-order chi connectivity index (χ1) is 7.27. The van der Waals surface area contributed by atoms with Gasteiger partial charge in [0, 0.05) is 7.05 Å². The van der Waals surface area contributed by atoms with Crippen LogP contribution in [0.5, 0.6) is 0 Å². The molecular weight excluding hydrogens is 216 g/mol. The van der Waals surface area contributed by atoms with E-state index in [9.17, 15) is 4.79 Å². The third-order valence-electron chi connectivity index (χ3n) is 1.77. The molecular formula is C7H8N6OS. The molecule has 0 radical (unpaired) electrons. The van der Waals surface area contributed by atoms with Crippen LogP contribution < -0.4 is 0 Å². The van der Waals surface area contributed by atoms with E-state index in [0.29, 0.717) is 17.2 Å². The number of nitrogens with zero attached hydrogens (tertiary/aromatic N) is 5. The zero-order chi connectivity index (χ0) is 10.7. The molecule has 2 aromatic rings. The Morgan fingerprint density at radius 3 is 3.13 bits per heavy atom. The highest BCUT2D eigenvalue weighted by atomic mass is 32.1. The van der Waals surface area contributed by atoms with Gasteiger partial charge >= 0.3 is 0 Å². The fraction of sp³-hybridized carbons (Fsp3) is 0.286. The first-order valence-corrected chi connectivity index (χ1v) is 4.92. The Hall–Kier alpha value is -1.83. The Bertz CT molecular complexity index is 424. The number of aromatic amines is 1. The molecule has 8 heteroatoms. The normalized spacial score (nSPS) is 10.2. The minimum Gasteiger partial charge on any atom is -0.333 e. The average Bonchev–Trinajstić information content (AvgIpc) is 2.88. The van der Waals surface area contributed by atoms with Crippen LogP contribution in [0.4, 0.5) is 0 Å². The summed E-state index contributed by atoms with van der Waals surface area (Å²) in [6, 6.07) is 0. The molecule has 1 N–H and O–H groups in total. The molecule has 0 atom stereocenters. The van der Waals surface area contributed by atoms with Crippen molar-refractivity contribution >= 4 is 17.4 Å². The van der Waals surface area contributed by atoms with Crippen molar-refractivity contribution in [3.8, 4) is 0 Å². The molecule has 2 rings (SSSR count). The summed E-state index contributed by atoms with van der Waals surface area (Å²) in [4.78, 5) is 17.7. The zero-order valence-corrected chi connectivity index (χ0v) is 8.73. The summed E-state index contributed by atoms with van der Waals surface area (Å²) in [5.41, 5.74) is 0. The number of hydrogen-bond donors (Lipinski definition) is 1.